The SMILES string of the molecule is C=C(C)CN(CC)C(=O)CN1C(=O)N[C@@](C)(c2ccc(C)cc2)C1=O. The molecule has 0 bridgehead atoms. The van der Waals surface area contributed by atoms with Crippen LogP contribution in [0.25, 0.3) is 0 Å². The number of rotatable bonds is 6. The number of carbonyl (C=O) groups is 3. The van der Waals surface area contributed by atoms with Crippen LogP contribution < -0.4 is 5.32 Å². The maximum absolute atomic E-state index is 12.8. The van der Waals surface area contributed by atoms with Gasteiger partial charge in [0.1, 0.15) is 12.1 Å². The highest BCUT2D eigenvalue weighted by Crippen LogP contribution is 2.29. The van der Waals surface area contributed by atoms with Gasteiger partial charge in [0.15, 0.2) is 0 Å². The Kier molecular flexibility index (Phi) is 5.30. The van der Waals surface area contributed by atoms with Gasteiger partial charge in [-0.05, 0) is 33.3 Å². The molecule has 0 aromatic heterocycles. The van der Waals surface area contributed by atoms with Crippen LogP contribution in [-0.2, 0) is 15.1 Å². The van der Waals surface area contributed by atoms with E-state index in [0.29, 0.717) is 18.7 Å². The number of carbonyl (C=O) groups excluding carboxylic acids is 3. The van der Waals surface area contributed by atoms with Crippen LogP contribution in [0.4, 0.5) is 4.79 Å². The third-order valence-electron chi connectivity index (χ3n) is 4.39. The van der Waals surface area contributed by atoms with Gasteiger partial charge in [0.2, 0.25) is 5.91 Å². The fraction of sp³-hybridized carbons (Fsp3) is 0.421. The van der Waals surface area contributed by atoms with Crippen LogP contribution in [0.2, 0.25) is 0 Å². The molecule has 1 aliphatic rings. The molecule has 2 rings (SSSR count). The van der Waals surface area contributed by atoms with Crippen LogP contribution in [0.1, 0.15) is 31.9 Å². The van der Waals surface area contributed by atoms with Gasteiger partial charge in [0, 0.05) is 13.1 Å². The fourth-order valence-electron chi connectivity index (χ4n) is 2.86. The van der Waals surface area contributed by atoms with Crippen LogP contribution in [-0.4, -0.2) is 47.3 Å². The first-order chi connectivity index (χ1) is 11.7. The van der Waals surface area contributed by atoms with Crippen LogP contribution in [0.3, 0.4) is 0 Å². The highest BCUT2D eigenvalue weighted by Gasteiger charge is 2.49. The zero-order valence-electron chi connectivity index (χ0n) is 15.3. The van der Waals surface area contributed by atoms with Gasteiger partial charge in [-0.1, -0.05) is 42.0 Å². The maximum Gasteiger partial charge on any atom is 0.325 e. The molecule has 4 amide bonds. The molecule has 134 valence electrons. The Morgan fingerprint density at radius 2 is 1.88 bits per heavy atom. The van der Waals surface area contributed by atoms with Gasteiger partial charge in [0.25, 0.3) is 5.91 Å². The number of aryl methyl sites for hydroxylation is 1. The van der Waals surface area contributed by atoms with E-state index in [4.69, 9.17) is 0 Å². The second kappa shape index (κ2) is 7.09. The number of likely N-dealkylation sites (N-methyl/N-ethyl adjacent to an activating group) is 1. The lowest BCUT2D eigenvalue weighted by molar-refractivity contribution is -0.138. The van der Waals surface area contributed by atoms with Crippen molar-refractivity contribution in [2.24, 2.45) is 0 Å². The first kappa shape index (κ1) is 18.7. The van der Waals surface area contributed by atoms with E-state index in [1.165, 1.54) is 0 Å². The third-order valence-corrected chi connectivity index (χ3v) is 4.39. The summed E-state index contributed by atoms with van der Waals surface area (Å²) >= 11 is 0. The van der Waals surface area contributed by atoms with Crippen molar-refractivity contribution >= 4 is 17.8 Å². The van der Waals surface area contributed by atoms with Crippen LogP contribution >= 0.6 is 0 Å². The average Bonchev–Trinajstić information content (AvgIpc) is 2.77. The predicted octanol–water partition coefficient (Wildman–Crippen LogP) is 2.19. The number of amides is 4. The van der Waals surface area contributed by atoms with Crippen molar-refractivity contribution in [2.45, 2.75) is 33.2 Å². The largest absolute Gasteiger partial charge is 0.337 e. The van der Waals surface area contributed by atoms with Crippen molar-refractivity contribution in [3.63, 3.8) is 0 Å². The van der Waals surface area contributed by atoms with E-state index < -0.39 is 17.5 Å². The normalized spacial score (nSPS) is 19.8. The Morgan fingerprint density at radius 1 is 1.28 bits per heavy atom. The molecule has 0 saturated carbocycles. The zero-order valence-corrected chi connectivity index (χ0v) is 15.3. The van der Waals surface area contributed by atoms with Gasteiger partial charge in [-0.15, -0.1) is 0 Å². The van der Waals surface area contributed by atoms with Crippen LogP contribution in [0.15, 0.2) is 36.4 Å². The number of benzene rings is 1. The van der Waals surface area contributed by atoms with E-state index in [1.54, 1.807) is 11.8 Å². The molecule has 0 radical (unpaired) electrons. The third kappa shape index (κ3) is 3.73. The highest BCUT2D eigenvalue weighted by molar-refractivity contribution is 6.09. The van der Waals surface area contributed by atoms with Crippen molar-refractivity contribution in [3.8, 4) is 0 Å². The van der Waals surface area contributed by atoms with Crippen molar-refractivity contribution in [1.82, 2.24) is 15.1 Å². The standard InChI is InChI=1S/C19H25N3O3/c1-6-21(11-13(2)3)16(23)12-22-17(24)19(5,20-18(22)25)15-9-7-14(4)8-10-15/h7-10H,2,6,11-12H2,1,3-5H3,(H,20,25)/t19-/m0/s1. The van der Waals surface area contributed by atoms with Crippen molar-refractivity contribution in [2.75, 3.05) is 19.6 Å². The van der Waals surface area contributed by atoms with Crippen LogP contribution in [0, 0.1) is 6.92 Å². The average molecular weight is 343 g/mol. The summed E-state index contributed by atoms with van der Waals surface area (Å²) in [5.41, 5.74) is 1.45. The molecule has 1 aromatic rings. The van der Waals surface area contributed by atoms with Crippen molar-refractivity contribution < 1.29 is 14.4 Å². The van der Waals surface area contributed by atoms with E-state index >= 15 is 0 Å². The summed E-state index contributed by atoms with van der Waals surface area (Å²) in [7, 11) is 0. The molecule has 1 fully saturated rings. The molecule has 25 heavy (non-hydrogen) atoms. The maximum atomic E-state index is 12.8. The van der Waals surface area contributed by atoms with Gasteiger partial charge in [0.05, 0.1) is 0 Å². The Labute approximate surface area is 148 Å². The van der Waals surface area contributed by atoms with E-state index in [0.717, 1.165) is 16.0 Å². The molecule has 1 atom stereocenters. The lowest BCUT2D eigenvalue weighted by Gasteiger charge is -2.24. The molecule has 1 N–H and O–H groups in total. The Balaban J connectivity index is 2.19. The molecule has 0 unspecified atom stereocenters. The molecular formula is C19H25N3O3. The summed E-state index contributed by atoms with van der Waals surface area (Å²) < 4.78 is 0. The van der Waals surface area contributed by atoms with Crippen molar-refractivity contribution in [1.29, 1.82) is 0 Å². The van der Waals surface area contributed by atoms with Gasteiger partial charge in [-0.3, -0.25) is 14.5 Å². The molecule has 0 aliphatic carbocycles. The van der Waals surface area contributed by atoms with Gasteiger partial charge < -0.3 is 10.2 Å². The smallest absolute Gasteiger partial charge is 0.325 e. The second-order valence-electron chi connectivity index (χ2n) is 6.68. The van der Waals surface area contributed by atoms with E-state index in [9.17, 15) is 14.4 Å². The minimum Gasteiger partial charge on any atom is -0.337 e. The Bertz CT molecular complexity index is 711. The van der Waals surface area contributed by atoms with E-state index in [2.05, 4.69) is 11.9 Å². The van der Waals surface area contributed by atoms with E-state index in [1.807, 2.05) is 45.0 Å². The predicted molar refractivity (Wildman–Crippen MR) is 95.8 cm³/mol. The minimum atomic E-state index is -1.16. The molecular weight excluding hydrogens is 318 g/mol. The first-order valence-electron chi connectivity index (χ1n) is 8.32. The summed E-state index contributed by atoms with van der Waals surface area (Å²) in [4.78, 5) is 40.2. The first-order valence-corrected chi connectivity index (χ1v) is 8.32. The molecule has 1 aromatic carbocycles. The summed E-state index contributed by atoms with van der Waals surface area (Å²) in [6.07, 6.45) is 0. The number of nitrogens with one attached hydrogen (secondary N) is 1. The number of nitrogens with zero attached hydrogens (tertiary/aromatic N) is 2. The van der Waals surface area contributed by atoms with Gasteiger partial charge in [-0.25, -0.2) is 4.79 Å². The zero-order chi connectivity index (χ0) is 18.8. The minimum absolute atomic E-state index is 0.271. The summed E-state index contributed by atoms with van der Waals surface area (Å²) in [6.45, 7) is 11.7. The van der Waals surface area contributed by atoms with Gasteiger partial charge >= 0.3 is 6.03 Å². The molecule has 6 nitrogen and oxygen atoms in total. The topological polar surface area (TPSA) is 69.7 Å². The molecule has 6 heteroatoms. The second-order valence-corrected chi connectivity index (χ2v) is 6.68. The van der Waals surface area contributed by atoms with Crippen molar-refractivity contribution in [3.05, 3.63) is 47.5 Å². The summed E-state index contributed by atoms with van der Waals surface area (Å²) in [5.74, 6) is -0.691. The lowest BCUT2D eigenvalue weighted by Crippen LogP contribution is -2.44. The van der Waals surface area contributed by atoms with Crippen LogP contribution in [0.5, 0.6) is 0 Å². The van der Waals surface area contributed by atoms with Gasteiger partial charge in [-0.2, -0.15) is 0 Å². The molecule has 1 heterocycles. The van der Waals surface area contributed by atoms with E-state index in [-0.39, 0.29) is 12.5 Å². The number of urea groups is 1. The summed E-state index contributed by atoms with van der Waals surface area (Å²) in [6, 6.07) is 6.86. The highest BCUT2D eigenvalue weighted by atomic mass is 16.2. The number of imide groups is 1. The molecule has 1 saturated heterocycles. The molecule has 1 aliphatic heterocycles. The fourth-order valence-corrected chi connectivity index (χ4v) is 2.86. The monoisotopic (exact) mass is 343 g/mol. The number of hydrogen-bond acceptors (Lipinski definition) is 3. The summed E-state index contributed by atoms with van der Waals surface area (Å²) in [5, 5.41) is 2.72. The molecule has 0 spiro atoms. The Hall–Kier alpha value is -2.63. The Morgan fingerprint density at radius 3 is 2.40 bits per heavy atom. The number of hydrogen-bond donors (Lipinski definition) is 1. The lowest BCUT2D eigenvalue weighted by atomic mass is 9.91. The quantitative estimate of drug-likeness (QED) is 0.636.